The van der Waals surface area contributed by atoms with E-state index in [-0.39, 0.29) is 36.2 Å². The van der Waals surface area contributed by atoms with Crippen molar-refractivity contribution in [2.45, 2.75) is 30.0 Å². The number of fused-ring (bicyclic) bond motifs is 1. The standard InChI is InChI=1S/C42H40BrN3O4/c1-49-37-23-21-35(22-24-37)44-41(48)45-26-25-36(47)27-46-38(28-45)40(30-17-19-34(43)20-18-30)39(46)29-50-42(31-11-5-2-6-12-31,32-13-7-3-8-14-32)33-15-9-4-10-16-33/h2-24,38-40H,25-29H2,1H3,(H,44,48)/t38-,39+,40+/m0/s1. The Kier molecular flexibility index (Phi) is 10.1. The highest BCUT2D eigenvalue weighted by atomic mass is 79.9. The number of ketones is 1. The van der Waals surface area contributed by atoms with Gasteiger partial charge in [-0.15, -0.1) is 0 Å². The molecule has 2 saturated heterocycles. The Morgan fingerprint density at radius 1 is 0.800 bits per heavy atom. The maximum absolute atomic E-state index is 13.7. The molecule has 2 heterocycles. The largest absolute Gasteiger partial charge is 0.497 e. The summed E-state index contributed by atoms with van der Waals surface area (Å²) in [6.45, 7) is 1.52. The second-order valence-electron chi connectivity index (χ2n) is 12.9. The molecule has 0 radical (unpaired) electrons. The Labute approximate surface area is 302 Å². The van der Waals surface area contributed by atoms with Crippen molar-refractivity contribution < 1.29 is 19.1 Å². The van der Waals surface area contributed by atoms with Crippen LogP contribution in [0, 0.1) is 0 Å². The monoisotopic (exact) mass is 729 g/mol. The molecule has 2 amide bonds. The van der Waals surface area contributed by atoms with Gasteiger partial charge in [-0.05, 0) is 58.7 Å². The molecule has 0 unspecified atom stereocenters. The molecule has 1 N–H and O–H groups in total. The van der Waals surface area contributed by atoms with Crippen molar-refractivity contribution in [2.75, 3.05) is 38.7 Å². The minimum atomic E-state index is -0.893. The van der Waals surface area contributed by atoms with Gasteiger partial charge in [-0.1, -0.05) is 119 Å². The van der Waals surface area contributed by atoms with Gasteiger partial charge in [-0.25, -0.2) is 4.79 Å². The quantitative estimate of drug-likeness (QED) is 0.155. The Morgan fingerprint density at radius 3 is 1.90 bits per heavy atom. The third-order valence-corrected chi connectivity index (χ3v) is 10.5. The van der Waals surface area contributed by atoms with E-state index < -0.39 is 5.60 Å². The molecule has 7 nitrogen and oxygen atoms in total. The lowest BCUT2D eigenvalue weighted by atomic mass is 9.74. The predicted octanol–water partition coefficient (Wildman–Crippen LogP) is 8.11. The van der Waals surface area contributed by atoms with Crippen molar-refractivity contribution >= 4 is 33.4 Å². The van der Waals surface area contributed by atoms with Gasteiger partial charge >= 0.3 is 6.03 Å². The smallest absolute Gasteiger partial charge is 0.321 e. The van der Waals surface area contributed by atoms with E-state index in [1.165, 1.54) is 0 Å². The first kappa shape index (κ1) is 33.7. The Morgan fingerprint density at radius 2 is 1.36 bits per heavy atom. The highest BCUT2D eigenvalue weighted by Gasteiger charge is 2.52. The summed E-state index contributed by atoms with van der Waals surface area (Å²) in [4.78, 5) is 31.2. The molecule has 254 valence electrons. The van der Waals surface area contributed by atoms with Crippen LogP contribution in [0.1, 0.15) is 34.6 Å². The minimum absolute atomic E-state index is 0.0188. The van der Waals surface area contributed by atoms with Gasteiger partial charge in [0.25, 0.3) is 0 Å². The number of anilines is 1. The lowest BCUT2D eigenvalue weighted by Gasteiger charge is -2.57. The molecule has 0 aromatic heterocycles. The summed E-state index contributed by atoms with van der Waals surface area (Å²) < 4.78 is 13.6. The first-order chi connectivity index (χ1) is 24.5. The lowest BCUT2D eigenvalue weighted by Crippen LogP contribution is -2.69. The minimum Gasteiger partial charge on any atom is -0.497 e. The molecule has 5 aromatic carbocycles. The molecule has 0 saturated carbocycles. The molecule has 0 spiro atoms. The first-order valence-corrected chi connectivity index (χ1v) is 17.8. The molecule has 2 aliphatic heterocycles. The number of hydrogen-bond donors (Lipinski definition) is 1. The number of carbonyl (C=O) groups excluding carboxylic acids is 2. The number of ether oxygens (including phenoxy) is 2. The average Bonchev–Trinajstić information content (AvgIpc) is 3.16. The Hall–Kier alpha value is -4.76. The predicted molar refractivity (Wildman–Crippen MR) is 200 cm³/mol. The number of urea groups is 1. The molecular weight excluding hydrogens is 690 g/mol. The molecule has 3 atom stereocenters. The van der Waals surface area contributed by atoms with E-state index in [9.17, 15) is 9.59 Å². The average molecular weight is 731 g/mol. The van der Waals surface area contributed by atoms with E-state index >= 15 is 0 Å². The summed E-state index contributed by atoms with van der Waals surface area (Å²) in [5.41, 5.74) is 4.01. The number of Topliss-reactive ketones (excluding diaryl/α,β-unsaturated/α-hetero) is 1. The zero-order valence-electron chi connectivity index (χ0n) is 28.0. The van der Waals surface area contributed by atoms with Crippen molar-refractivity contribution in [2.24, 2.45) is 0 Å². The van der Waals surface area contributed by atoms with Crippen LogP contribution in [0.4, 0.5) is 10.5 Å². The third kappa shape index (κ3) is 6.84. The Balaban J connectivity index is 1.23. The fraction of sp³-hybridized carbons (Fsp3) is 0.238. The number of halogens is 1. The first-order valence-electron chi connectivity index (χ1n) is 17.0. The second kappa shape index (κ2) is 15.0. The van der Waals surface area contributed by atoms with Crippen LogP contribution in [-0.4, -0.2) is 67.0 Å². The van der Waals surface area contributed by atoms with Gasteiger partial charge in [0.1, 0.15) is 17.1 Å². The number of carbonyl (C=O) groups is 2. The van der Waals surface area contributed by atoms with Gasteiger partial charge in [-0.3, -0.25) is 9.69 Å². The summed E-state index contributed by atoms with van der Waals surface area (Å²) in [6.07, 6.45) is 0.289. The molecule has 0 bridgehead atoms. The van der Waals surface area contributed by atoms with E-state index in [0.717, 1.165) is 26.7 Å². The van der Waals surface area contributed by atoms with Crippen LogP contribution in [0.15, 0.2) is 144 Å². The van der Waals surface area contributed by atoms with E-state index in [1.54, 1.807) is 12.0 Å². The number of rotatable bonds is 9. The topological polar surface area (TPSA) is 71.1 Å². The van der Waals surface area contributed by atoms with Crippen LogP contribution in [0.5, 0.6) is 5.75 Å². The van der Waals surface area contributed by atoms with Crippen LogP contribution in [0.3, 0.4) is 0 Å². The molecule has 2 aliphatic rings. The fourth-order valence-electron chi connectivity index (χ4n) is 7.49. The van der Waals surface area contributed by atoms with Crippen molar-refractivity contribution in [3.05, 3.63) is 166 Å². The van der Waals surface area contributed by atoms with E-state index in [1.807, 2.05) is 78.9 Å². The molecule has 50 heavy (non-hydrogen) atoms. The fourth-order valence-corrected chi connectivity index (χ4v) is 7.76. The number of hydrogen-bond acceptors (Lipinski definition) is 5. The summed E-state index contributed by atoms with van der Waals surface area (Å²) >= 11 is 3.60. The summed E-state index contributed by atoms with van der Waals surface area (Å²) in [5.74, 6) is 0.841. The van der Waals surface area contributed by atoms with Crippen molar-refractivity contribution in [1.82, 2.24) is 9.80 Å². The second-order valence-corrected chi connectivity index (χ2v) is 13.8. The summed E-state index contributed by atoms with van der Waals surface area (Å²) in [5, 5.41) is 3.03. The van der Waals surface area contributed by atoms with Crippen molar-refractivity contribution in [3.8, 4) is 5.75 Å². The van der Waals surface area contributed by atoms with Gasteiger partial charge in [-0.2, -0.15) is 0 Å². The summed E-state index contributed by atoms with van der Waals surface area (Å²) in [6, 6.07) is 46.3. The van der Waals surface area contributed by atoms with Gasteiger partial charge in [0, 0.05) is 47.7 Å². The molecule has 7 rings (SSSR count). The number of benzene rings is 5. The van der Waals surface area contributed by atoms with E-state index in [0.29, 0.717) is 37.7 Å². The van der Waals surface area contributed by atoms with Crippen LogP contribution in [0.25, 0.3) is 0 Å². The van der Waals surface area contributed by atoms with Crippen molar-refractivity contribution in [3.63, 3.8) is 0 Å². The SMILES string of the molecule is COc1ccc(NC(=O)N2CCC(=O)CN3[C@H](COC(c4ccccc4)(c4ccccc4)c4ccccc4)[C@H](c4ccc(Br)cc4)[C@@H]3C2)cc1. The number of amides is 2. The normalized spacial score (nSPS) is 19.4. The molecule has 8 heteroatoms. The van der Waals surface area contributed by atoms with Crippen LogP contribution in [0.2, 0.25) is 0 Å². The number of methoxy groups -OCH3 is 1. The lowest BCUT2D eigenvalue weighted by molar-refractivity contribution is -0.135. The number of nitrogens with zero attached hydrogens (tertiary/aromatic N) is 2. The molecule has 0 aliphatic carbocycles. The number of nitrogens with one attached hydrogen (secondary N) is 1. The zero-order valence-corrected chi connectivity index (χ0v) is 29.5. The highest BCUT2D eigenvalue weighted by molar-refractivity contribution is 9.10. The van der Waals surface area contributed by atoms with Gasteiger partial charge in [0.15, 0.2) is 0 Å². The van der Waals surface area contributed by atoms with Gasteiger partial charge < -0.3 is 19.7 Å². The molecule has 2 fully saturated rings. The third-order valence-electron chi connectivity index (χ3n) is 10.0. The van der Waals surface area contributed by atoms with E-state index in [4.69, 9.17) is 9.47 Å². The molecule has 5 aromatic rings. The maximum Gasteiger partial charge on any atom is 0.321 e. The van der Waals surface area contributed by atoms with Crippen LogP contribution in [-0.2, 0) is 15.1 Å². The summed E-state index contributed by atoms with van der Waals surface area (Å²) in [7, 11) is 1.61. The van der Waals surface area contributed by atoms with E-state index in [2.05, 4.69) is 86.8 Å². The van der Waals surface area contributed by atoms with Crippen LogP contribution < -0.4 is 10.1 Å². The van der Waals surface area contributed by atoms with Crippen molar-refractivity contribution in [1.29, 1.82) is 0 Å². The highest BCUT2D eigenvalue weighted by Crippen LogP contribution is 2.46. The maximum atomic E-state index is 13.7. The Bertz CT molecular complexity index is 1790. The van der Waals surface area contributed by atoms with Gasteiger partial charge in [0.2, 0.25) is 0 Å². The van der Waals surface area contributed by atoms with Gasteiger partial charge in [0.05, 0.1) is 20.3 Å². The molecular formula is C42H40BrN3O4. The van der Waals surface area contributed by atoms with Crippen LogP contribution >= 0.6 is 15.9 Å². The zero-order chi connectivity index (χ0) is 34.5.